The zero-order valence-electron chi connectivity index (χ0n) is 11.6. The van der Waals surface area contributed by atoms with Crippen LogP contribution in [-0.2, 0) is 4.74 Å². The third kappa shape index (κ3) is 2.71. The zero-order valence-corrected chi connectivity index (χ0v) is 11.6. The fraction of sp³-hybridized carbons (Fsp3) is 0.571. The van der Waals surface area contributed by atoms with Gasteiger partial charge >= 0.3 is 0 Å². The summed E-state index contributed by atoms with van der Waals surface area (Å²) in [5.41, 5.74) is 6.50. The van der Waals surface area contributed by atoms with Crippen LogP contribution in [0.15, 0.2) is 18.3 Å². The zero-order chi connectivity index (χ0) is 14.0. The van der Waals surface area contributed by atoms with Crippen LogP contribution in [0.3, 0.4) is 0 Å². The maximum atomic E-state index is 12.1. The molecule has 1 fully saturated rings. The van der Waals surface area contributed by atoms with Crippen LogP contribution in [0.5, 0.6) is 0 Å². The lowest BCUT2D eigenvalue weighted by molar-refractivity contribution is -0.111. The van der Waals surface area contributed by atoms with E-state index in [-0.39, 0.29) is 23.5 Å². The predicted octanol–water partition coefficient (Wildman–Crippen LogP) is 1.60. The normalized spacial score (nSPS) is 24.6. The predicted molar refractivity (Wildman–Crippen MR) is 73.7 cm³/mol. The molecule has 5 heteroatoms. The standard InChI is InChI=1S/C14H21N3O2/c1-4-19-12-8-11(14(12,2)3)17-13(18)10-7-9(15)5-6-16-10/h5-7,11-12H,4,8H2,1-3H3,(H2,15,16)(H,17,18). The lowest BCUT2D eigenvalue weighted by Gasteiger charge is -2.51. The lowest BCUT2D eigenvalue weighted by atomic mass is 9.64. The summed E-state index contributed by atoms with van der Waals surface area (Å²) in [5.74, 6) is -0.180. The Kier molecular flexibility index (Phi) is 3.75. The van der Waals surface area contributed by atoms with E-state index in [1.54, 1.807) is 18.3 Å². The van der Waals surface area contributed by atoms with Gasteiger partial charge in [0.1, 0.15) is 5.69 Å². The molecule has 1 aromatic heterocycles. The average Bonchev–Trinajstić information content (AvgIpc) is 2.37. The Hall–Kier alpha value is -1.62. The Morgan fingerprint density at radius 3 is 2.95 bits per heavy atom. The number of carbonyl (C=O) groups is 1. The van der Waals surface area contributed by atoms with Gasteiger partial charge in [-0.05, 0) is 25.5 Å². The number of nitrogen functional groups attached to an aromatic ring is 1. The fourth-order valence-corrected chi connectivity index (χ4v) is 2.42. The first-order valence-electron chi connectivity index (χ1n) is 6.59. The fourth-order valence-electron chi connectivity index (χ4n) is 2.42. The molecular weight excluding hydrogens is 242 g/mol. The van der Waals surface area contributed by atoms with Crippen molar-refractivity contribution < 1.29 is 9.53 Å². The van der Waals surface area contributed by atoms with Crippen LogP contribution in [-0.4, -0.2) is 29.6 Å². The summed E-state index contributed by atoms with van der Waals surface area (Å²) >= 11 is 0. The quantitative estimate of drug-likeness (QED) is 0.865. The number of nitrogens with one attached hydrogen (secondary N) is 1. The molecule has 5 nitrogen and oxygen atoms in total. The van der Waals surface area contributed by atoms with Crippen molar-refractivity contribution in [3.8, 4) is 0 Å². The van der Waals surface area contributed by atoms with E-state index in [0.717, 1.165) is 6.42 Å². The van der Waals surface area contributed by atoms with Crippen molar-refractivity contribution in [2.75, 3.05) is 12.3 Å². The summed E-state index contributed by atoms with van der Waals surface area (Å²) in [6.45, 7) is 6.90. The van der Waals surface area contributed by atoms with E-state index in [1.165, 1.54) is 0 Å². The van der Waals surface area contributed by atoms with Crippen molar-refractivity contribution in [3.63, 3.8) is 0 Å². The highest BCUT2D eigenvalue weighted by atomic mass is 16.5. The van der Waals surface area contributed by atoms with Crippen molar-refractivity contribution in [1.82, 2.24) is 10.3 Å². The van der Waals surface area contributed by atoms with Crippen LogP contribution >= 0.6 is 0 Å². The van der Waals surface area contributed by atoms with Gasteiger partial charge in [0, 0.05) is 29.9 Å². The molecule has 0 aromatic carbocycles. The van der Waals surface area contributed by atoms with Crippen LogP contribution in [0, 0.1) is 5.41 Å². The number of rotatable bonds is 4. The number of carbonyl (C=O) groups excluding carboxylic acids is 1. The third-order valence-electron chi connectivity index (χ3n) is 3.87. The van der Waals surface area contributed by atoms with Gasteiger partial charge in [-0.1, -0.05) is 13.8 Å². The number of nitrogens with zero attached hydrogens (tertiary/aromatic N) is 1. The number of ether oxygens (including phenoxy) is 1. The monoisotopic (exact) mass is 263 g/mol. The van der Waals surface area contributed by atoms with E-state index in [1.807, 2.05) is 6.92 Å². The van der Waals surface area contributed by atoms with Crippen molar-refractivity contribution in [2.45, 2.75) is 39.3 Å². The summed E-state index contributed by atoms with van der Waals surface area (Å²) in [6, 6.07) is 3.36. The number of pyridine rings is 1. The molecule has 1 aliphatic carbocycles. The van der Waals surface area contributed by atoms with E-state index in [9.17, 15) is 4.79 Å². The van der Waals surface area contributed by atoms with Gasteiger partial charge in [0.25, 0.3) is 5.91 Å². The third-order valence-corrected chi connectivity index (χ3v) is 3.87. The Morgan fingerprint density at radius 1 is 1.63 bits per heavy atom. The van der Waals surface area contributed by atoms with Crippen LogP contribution in [0.2, 0.25) is 0 Å². The minimum Gasteiger partial charge on any atom is -0.399 e. The van der Waals surface area contributed by atoms with E-state index in [2.05, 4.69) is 24.1 Å². The molecule has 1 saturated carbocycles. The molecule has 0 bridgehead atoms. The molecule has 0 spiro atoms. The van der Waals surface area contributed by atoms with Crippen LogP contribution in [0.4, 0.5) is 5.69 Å². The van der Waals surface area contributed by atoms with Crippen molar-refractivity contribution in [3.05, 3.63) is 24.0 Å². The van der Waals surface area contributed by atoms with Gasteiger partial charge < -0.3 is 15.8 Å². The molecule has 2 rings (SSSR count). The maximum absolute atomic E-state index is 12.1. The molecule has 2 unspecified atom stereocenters. The number of aromatic nitrogens is 1. The van der Waals surface area contributed by atoms with Crippen LogP contribution in [0.1, 0.15) is 37.7 Å². The molecule has 19 heavy (non-hydrogen) atoms. The first-order valence-corrected chi connectivity index (χ1v) is 6.59. The first kappa shape index (κ1) is 13.8. The van der Waals surface area contributed by atoms with Crippen molar-refractivity contribution in [1.29, 1.82) is 0 Å². The Labute approximate surface area is 113 Å². The summed E-state index contributed by atoms with van der Waals surface area (Å²) in [6.07, 6.45) is 2.59. The summed E-state index contributed by atoms with van der Waals surface area (Å²) in [4.78, 5) is 16.1. The molecule has 1 amide bonds. The summed E-state index contributed by atoms with van der Waals surface area (Å²) in [5, 5.41) is 3.00. The molecule has 1 aliphatic rings. The number of anilines is 1. The second kappa shape index (κ2) is 5.17. The Balaban J connectivity index is 1.98. The smallest absolute Gasteiger partial charge is 0.270 e. The molecular formula is C14H21N3O2. The van der Waals surface area contributed by atoms with Crippen molar-refractivity contribution >= 4 is 11.6 Å². The average molecular weight is 263 g/mol. The topological polar surface area (TPSA) is 77.2 Å². The molecule has 2 atom stereocenters. The number of nitrogens with two attached hydrogens (primary N) is 1. The Morgan fingerprint density at radius 2 is 2.37 bits per heavy atom. The summed E-state index contributed by atoms with van der Waals surface area (Å²) < 4.78 is 5.64. The SMILES string of the molecule is CCOC1CC(NC(=O)c2cc(N)ccn2)C1(C)C. The van der Waals surface area contributed by atoms with Crippen LogP contribution < -0.4 is 11.1 Å². The highest BCUT2D eigenvalue weighted by molar-refractivity contribution is 5.93. The minimum atomic E-state index is -0.180. The van der Waals surface area contributed by atoms with E-state index in [4.69, 9.17) is 10.5 Å². The largest absolute Gasteiger partial charge is 0.399 e. The molecule has 1 aromatic rings. The van der Waals surface area contributed by atoms with Gasteiger partial charge in [-0.2, -0.15) is 0 Å². The van der Waals surface area contributed by atoms with E-state index >= 15 is 0 Å². The molecule has 3 N–H and O–H groups in total. The molecule has 1 heterocycles. The van der Waals surface area contributed by atoms with Crippen LogP contribution in [0.25, 0.3) is 0 Å². The first-order chi connectivity index (χ1) is 8.95. The Bertz CT molecular complexity index is 474. The van der Waals surface area contributed by atoms with Gasteiger partial charge in [-0.15, -0.1) is 0 Å². The van der Waals surface area contributed by atoms with Crippen molar-refractivity contribution in [2.24, 2.45) is 5.41 Å². The van der Waals surface area contributed by atoms with E-state index in [0.29, 0.717) is 18.0 Å². The molecule has 0 saturated heterocycles. The number of hydrogen-bond donors (Lipinski definition) is 2. The summed E-state index contributed by atoms with van der Waals surface area (Å²) in [7, 11) is 0. The van der Waals surface area contributed by atoms with Gasteiger partial charge in [0.15, 0.2) is 0 Å². The molecule has 0 radical (unpaired) electrons. The molecule has 104 valence electrons. The number of hydrogen-bond acceptors (Lipinski definition) is 4. The highest BCUT2D eigenvalue weighted by Crippen LogP contribution is 2.42. The van der Waals surface area contributed by atoms with Gasteiger partial charge in [-0.3, -0.25) is 9.78 Å². The maximum Gasteiger partial charge on any atom is 0.270 e. The second-order valence-electron chi connectivity index (χ2n) is 5.50. The minimum absolute atomic E-state index is 0.0496. The highest BCUT2D eigenvalue weighted by Gasteiger charge is 2.49. The van der Waals surface area contributed by atoms with Gasteiger partial charge in [-0.25, -0.2) is 0 Å². The lowest BCUT2D eigenvalue weighted by Crippen LogP contribution is -2.62. The van der Waals surface area contributed by atoms with Gasteiger partial charge in [0.05, 0.1) is 6.10 Å². The van der Waals surface area contributed by atoms with Gasteiger partial charge in [0.2, 0.25) is 0 Å². The number of amides is 1. The second-order valence-corrected chi connectivity index (χ2v) is 5.50. The van der Waals surface area contributed by atoms with E-state index < -0.39 is 0 Å². The molecule has 0 aliphatic heterocycles.